The van der Waals surface area contributed by atoms with Crippen LogP contribution in [0.5, 0.6) is 0 Å². The lowest BCUT2D eigenvalue weighted by Crippen LogP contribution is -2.13. The third-order valence-corrected chi connectivity index (χ3v) is 2.62. The van der Waals surface area contributed by atoms with Crippen LogP contribution in [-0.2, 0) is 4.79 Å². The van der Waals surface area contributed by atoms with Gasteiger partial charge in [0.15, 0.2) is 0 Å². The van der Waals surface area contributed by atoms with Gasteiger partial charge >= 0.3 is 0 Å². The molecule has 1 amide bonds. The Bertz CT molecular complexity index is 397. The molecule has 15 heavy (non-hydrogen) atoms. The first kappa shape index (κ1) is 11.6. The number of hydrogen-bond acceptors (Lipinski definition) is 2. The Labute approximate surface area is 90.7 Å². The van der Waals surface area contributed by atoms with Gasteiger partial charge in [-0.05, 0) is 37.5 Å². The molecule has 1 aromatic carbocycles. The number of hydrogen-bond donors (Lipinski definition) is 2. The first-order valence-corrected chi connectivity index (χ1v) is 5.13. The molecular formula is C12H18N2O. The monoisotopic (exact) mass is 206 g/mol. The van der Waals surface area contributed by atoms with Crippen LogP contribution in [-0.4, -0.2) is 5.91 Å². The van der Waals surface area contributed by atoms with Crippen molar-refractivity contribution in [3.63, 3.8) is 0 Å². The summed E-state index contributed by atoms with van der Waals surface area (Å²) in [6.45, 7) is 7.71. The zero-order chi connectivity index (χ0) is 11.6. The summed E-state index contributed by atoms with van der Waals surface area (Å²) in [5.41, 5.74) is 10.6. The zero-order valence-corrected chi connectivity index (χ0v) is 9.77. The largest absolute Gasteiger partial charge is 0.398 e. The number of aryl methyl sites for hydroxylation is 2. The average Bonchev–Trinajstić information content (AvgIpc) is 2.21. The van der Waals surface area contributed by atoms with Crippen molar-refractivity contribution in [1.82, 2.24) is 0 Å². The van der Waals surface area contributed by atoms with E-state index in [1.807, 2.05) is 33.8 Å². The van der Waals surface area contributed by atoms with Crippen molar-refractivity contribution in [2.75, 3.05) is 11.1 Å². The van der Waals surface area contributed by atoms with E-state index in [0.29, 0.717) is 6.42 Å². The molecule has 0 aliphatic carbocycles. The van der Waals surface area contributed by atoms with Gasteiger partial charge in [-0.25, -0.2) is 0 Å². The number of nitrogen functional groups attached to an aromatic ring is 1. The SMILES string of the molecule is CCC(=O)Nc1c(C)cc(C)c(N)c1C. The molecule has 0 bridgehead atoms. The molecule has 0 unspecified atom stereocenters. The quantitative estimate of drug-likeness (QED) is 0.730. The summed E-state index contributed by atoms with van der Waals surface area (Å²) >= 11 is 0. The lowest BCUT2D eigenvalue weighted by atomic mass is 10.0. The van der Waals surface area contributed by atoms with Crippen molar-refractivity contribution >= 4 is 17.3 Å². The number of nitrogens with two attached hydrogens (primary N) is 1. The third-order valence-electron chi connectivity index (χ3n) is 2.62. The summed E-state index contributed by atoms with van der Waals surface area (Å²) in [6.07, 6.45) is 0.479. The molecule has 0 radical (unpaired) electrons. The predicted octanol–water partition coefficient (Wildman–Crippen LogP) is 2.54. The summed E-state index contributed by atoms with van der Waals surface area (Å²) in [5, 5.41) is 2.88. The van der Waals surface area contributed by atoms with E-state index in [1.165, 1.54) is 0 Å². The van der Waals surface area contributed by atoms with E-state index in [9.17, 15) is 4.79 Å². The van der Waals surface area contributed by atoms with E-state index in [4.69, 9.17) is 5.73 Å². The highest BCUT2D eigenvalue weighted by Gasteiger charge is 2.10. The van der Waals surface area contributed by atoms with Crippen LogP contribution in [0.25, 0.3) is 0 Å². The summed E-state index contributed by atoms with van der Waals surface area (Å²) < 4.78 is 0. The highest BCUT2D eigenvalue weighted by Crippen LogP contribution is 2.28. The summed E-state index contributed by atoms with van der Waals surface area (Å²) in [4.78, 5) is 11.3. The molecule has 0 fully saturated rings. The van der Waals surface area contributed by atoms with Crippen LogP contribution in [0.3, 0.4) is 0 Å². The standard InChI is InChI=1S/C12H18N2O/c1-5-10(15)14-12-8(3)6-7(2)11(13)9(12)4/h6H,5,13H2,1-4H3,(H,14,15). The molecule has 3 heteroatoms. The van der Waals surface area contributed by atoms with Crippen molar-refractivity contribution < 1.29 is 4.79 Å². The lowest BCUT2D eigenvalue weighted by Gasteiger charge is -2.15. The minimum absolute atomic E-state index is 0.0180. The van der Waals surface area contributed by atoms with Gasteiger partial charge in [0.1, 0.15) is 0 Å². The molecule has 0 aliphatic rings. The number of benzene rings is 1. The highest BCUT2D eigenvalue weighted by molar-refractivity contribution is 5.93. The van der Waals surface area contributed by atoms with Gasteiger partial charge < -0.3 is 11.1 Å². The van der Waals surface area contributed by atoms with Gasteiger partial charge in [-0.15, -0.1) is 0 Å². The Balaban J connectivity index is 3.18. The van der Waals surface area contributed by atoms with Crippen molar-refractivity contribution in [2.24, 2.45) is 0 Å². The number of rotatable bonds is 2. The Morgan fingerprint density at radius 1 is 1.33 bits per heavy atom. The minimum atomic E-state index is 0.0180. The zero-order valence-electron chi connectivity index (χ0n) is 9.77. The average molecular weight is 206 g/mol. The molecule has 0 saturated carbocycles. The third kappa shape index (κ3) is 2.29. The van der Waals surface area contributed by atoms with E-state index in [-0.39, 0.29) is 5.91 Å². The first-order chi connectivity index (χ1) is 6.97. The smallest absolute Gasteiger partial charge is 0.224 e. The summed E-state index contributed by atoms with van der Waals surface area (Å²) in [6, 6.07) is 1.99. The number of carbonyl (C=O) groups excluding carboxylic acids is 1. The van der Waals surface area contributed by atoms with E-state index >= 15 is 0 Å². The fourth-order valence-electron chi connectivity index (χ4n) is 1.62. The molecule has 0 aliphatic heterocycles. The Kier molecular flexibility index (Phi) is 3.35. The fourth-order valence-corrected chi connectivity index (χ4v) is 1.62. The second-order valence-electron chi connectivity index (χ2n) is 3.83. The van der Waals surface area contributed by atoms with Gasteiger partial charge in [0.2, 0.25) is 5.91 Å². The number of anilines is 2. The van der Waals surface area contributed by atoms with Crippen LogP contribution in [0.1, 0.15) is 30.0 Å². The first-order valence-electron chi connectivity index (χ1n) is 5.13. The topological polar surface area (TPSA) is 55.1 Å². The Morgan fingerprint density at radius 2 is 1.93 bits per heavy atom. The van der Waals surface area contributed by atoms with Gasteiger partial charge in [-0.1, -0.05) is 13.0 Å². The number of carbonyl (C=O) groups is 1. The van der Waals surface area contributed by atoms with Crippen LogP contribution in [0.4, 0.5) is 11.4 Å². The summed E-state index contributed by atoms with van der Waals surface area (Å²) in [7, 11) is 0. The lowest BCUT2D eigenvalue weighted by molar-refractivity contribution is -0.115. The fraction of sp³-hybridized carbons (Fsp3) is 0.417. The molecule has 0 aromatic heterocycles. The van der Waals surface area contributed by atoms with Crippen molar-refractivity contribution in [3.05, 3.63) is 22.8 Å². The highest BCUT2D eigenvalue weighted by atomic mass is 16.1. The molecule has 82 valence electrons. The molecule has 0 spiro atoms. The molecule has 3 nitrogen and oxygen atoms in total. The normalized spacial score (nSPS) is 10.1. The van der Waals surface area contributed by atoms with Crippen LogP contribution in [0.15, 0.2) is 6.07 Å². The molecule has 0 saturated heterocycles. The molecule has 1 rings (SSSR count). The van der Waals surface area contributed by atoms with Crippen LogP contribution < -0.4 is 11.1 Å². The predicted molar refractivity (Wildman–Crippen MR) is 64.0 cm³/mol. The maximum atomic E-state index is 11.3. The van der Waals surface area contributed by atoms with Gasteiger partial charge in [-0.3, -0.25) is 4.79 Å². The van der Waals surface area contributed by atoms with Crippen LogP contribution in [0.2, 0.25) is 0 Å². The van der Waals surface area contributed by atoms with Crippen molar-refractivity contribution in [3.8, 4) is 0 Å². The number of amides is 1. The number of nitrogens with one attached hydrogen (secondary N) is 1. The maximum Gasteiger partial charge on any atom is 0.224 e. The van der Waals surface area contributed by atoms with E-state index in [0.717, 1.165) is 28.1 Å². The van der Waals surface area contributed by atoms with E-state index < -0.39 is 0 Å². The van der Waals surface area contributed by atoms with E-state index in [2.05, 4.69) is 5.32 Å². The van der Waals surface area contributed by atoms with Gasteiger partial charge in [0.25, 0.3) is 0 Å². The van der Waals surface area contributed by atoms with Gasteiger partial charge in [-0.2, -0.15) is 0 Å². The Morgan fingerprint density at radius 3 is 2.47 bits per heavy atom. The van der Waals surface area contributed by atoms with Crippen molar-refractivity contribution in [1.29, 1.82) is 0 Å². The van der Waals surface area contributed by atoms with Gasteiger partial charge in [0, 0.05) is 17.8 Å². The molecule has 0 atom stereocenters. The Hall–Kier alpha value is -1.51. The van der Waals surface area contributed by atoms with Gasteiger partial charge in [0.05, 0.1) is 0 Å². The van der Waals surface area contributed by atoms with Crippen molar-refractivity contribution in [2.45, 2.75) is 34.1 Å². The van der Waals surface area contributed by atoms with Crippen LogP contribution >= 0.6 is 0 Å². The summed E-state index contributed by atoms with van der Waals surface area (Å²) in [5.74, 6) is 0.0180. The van der Waals surface area contributed by atoms with Crippen LogP contribution in [0, 0.1) is 20.8 Å². The molecule has 1 aromatic rings. The molecule has 0 heterocycles. The molecule has 3 N–H and O–H groups in total. The minimum Gasteiger partial charge on any atom is -0.398 e. The second kappa shape index (κ2) is 4.34. The second-order valence-corrected chi connectivity index (χ2v) is 3.83. The van der Waals surface area contributed by atoms with E-state index in [1.54, 1.807) is 0 Å². The molecular weight excluding hydrogens is 188 g/mol. The maximum absolute atomic E-state index is 11.3.